The lowest BCUT2D eigenvalue weighted by Crippen LogP contribution is -2.40. The number of halogens is 1. The van der Waals surface area contributed by atoms with Crippen molar-refractivity contribution in [3.05, 3.63) is 23.5 Å². The van der Waals surface area contributed by atoms with Crippen LogP contribution in [0.15, 0.2) is 12.1 Å². The lowest BCUT2D eigenvalue weighted by molar-refractivity contribution is -0.142. The van der Waals surface area contributed by atoms with Crippen molar-refractivity contribution < 1.29 is 28.2 Å². The second-order valence-electron chi connectivity index (χ2n) is 5.37. The average molecular weight is 322 g/mol. The van der Waals surface area contributed by atoms with Crippen molar-refractivity contribution in [3.63, 3.8) is 0 Å². The number of hydrogen-bond donors (Lipinski definition) is 0. The van der Waals surface area contributed by atoms with Gasteiger partial charge in [0, 0.05) is 13.5 Å². The molecule has 0 saturated carbocycles. The van der Waals surface area contributed by atoms with E-state index < -0.39 is 23.9 Å². The smallest absolute Gasteiger partial charge is 0.415 e. The standard InChI is InChI=1S/C15H15FN2O5/c1-17-12(19)4-3-8-5-9(6-10(16)13(8)17)18-11(14(20)22-2)7-23-15(18)21/h5-6,11H,3-4,7H2,1-2H3. The van der Waals surface area contributed by atoms with E-state index in [0.717, 1.165) is 11.0 Å². The van der Waals surface area contributed by atoms with E-state index in [1.165, 1.54) is 19.1 Å². The molecule has 7 nitrogen and oxygen atoms in total. The highest BCUT2D eigenvalue weighted by Gasteiger charge is 2.41. The van der Waals surface area contributed by atoms with Gasteiger partial charge in [0.05, 0.1) is 18.5 Å². The molecule has 1 fully saturated rings. The topological polar surface area (TPSA) is 76.1 Å². The Labute approximate surface area is 131 Å². The summed E-state index contributed by atoms with van der Waals surface area (Å²) in [6.07, 6.45) is -0.105. The SMILES string of the molecule is COC(=O)C1COC(=O)N1c1cc(F)c2c(c1)CCC(=O)N2C. The Kier molecular flexibility index (Phi) is 3.67. The van der Waals surface area contributed by atoms with E-state index in [9.17, 15) is 18.8 Å². The molecule has 3 rings (SSSR count). The molecule has 0 bridgehead atoms. The molecule has 23 heavy (non-hydrogen) atoms. The largest absolute Gasteiger partial charge is 0.467 e. The van der Waals surface area contributed by atoms with Crippen LogP contribution in [-0.4, -0.2) is 44.8 Å². The van der Waals surface area contributed by atoms with Crippen molar-refractivity contribution >= 4 is 29.3 Å². The van der Waals surface area contributed by atoms with E-state index in [0.29, 0.717) is 12.0 Å². The molecule has 2 heterocycles. The minimum Gasteiger partial charge on any atom is -0.467 e. The van der Waals surface area contributed by atoms with E-state index in [1.807, 2.05) is 0 Å². The van der Waals surface area contributed by atoms with Crippen LogP contribution in [0, 0.1) is 5.82 Å². The fraction of sp³-hybridized carbons (Fsp3) is 0.400. The first kappa shape index (κ1) is 15.3. The summed E-state index contributed by atoms with van der Waals surface area (Å²) in [5, 5.41) is 0. The number of benzene rings is 1. The van der Waals surface area contributed by atoms with E-state index in [1.54, 1.807) is 6.07 Å². The number of carbonyl (C=O) groups is 3. The normalized spacial score (nSPS) is 20.4. The fourth-order valence-corrected chi connectivity index (χ4v) is 2.90. The van der Waals surface area contributed by atoms with Gasteiger partial charge in [-0.3, -0.25) is 9.69 Å². The van der Waals surface area contributed by atoms with Gasteiger partial charge >= 0.3 is 12.1 Å². The first-order valence-electron chi connectivity index (χ1n) is 7.07. The second kappa shape index (κ2) is 5.53. The molecule has 2 amide bonds. The molecular formula is C15H15FN2O5. The van der Waals surface area contributed by atoms with Crippen LogP contribution in [0.4, 0.5) is 20.6 Å². The van der Waals surface area contributed by atoms with E-state index >= 15 is 0 Å². The summed E-state index contributed by atoms with van der Waals surface area (Å²) in [4.78, 5) is 37.7. The van der Waals surface area contributed by atoms with Crippen LogP contribution in [-0.2, 0) is 25.5 Å². The maximum atomic E-state index is 14.5. The molecule has 0 N–H and O–H groups in total. The first-order chi connectivity index (χ1) is 10.9. The third-order valence-electron chi connectivity index (χ3n) is 4.07. The van der Waals surface area contributed by atoms with E-state index in [-0.39, 0.29) is 30.3 Å². The fourth-order valence-electron chi connectivity index (χ4n) is 2.90. The van der Waals surface area contributed by atoms with Crippen LogP contribution in [0.2, 0.25) is 0 Å². The Bertz CT molecular complexity index is 705. The quantitative estimate of drug-likeness (QED) is 0.766. The summed E-state index contributed by atoms with van der Waals surface area (Å²) in [7, 11) is 2.71. The molecule has 0 radical (unpaired) electrons. The molecule has 122 valence electrons. The summed E-state index contributed by atoms with van der Waals surface area (Å²) < 4.78 is 24.0. The number of nitrogens with zero attached hydrogens (tertiary/aromatic N) is 2. The maximum Gasteiger partial charge on any atom is 0.415 e. The number of anilines is 2. The summed E-state index contributed by atoms with van der Waals surface area (Å²) in [5.74, 6) is -1.44. The van der Waals surface area contributed by atoms with Crippen LogP contribution < -0.4 is 9.80 Å². The number of ether oxygens (including phenoxy) is 2. The zero-order chi connectivity index (χ0) is 16.7. The zero-order valence-corrected chi connectivity index (χ0v) is 12.7. The van der Waals surface area contributed by atoms with Crippen molar-refractivity contribution in [2.24, 2.45) is 0 Å². The molecule has 1 saturated heterocycles. The summed E-state index contributed by atoms with van der Waals surface area (Å²) in [6.45, 7) is -0.150. The van der Waals surface area contributed by atoms with Gasteiger partial charge in [0.15, 0.2) is 6.04 Å². The predicted molar refractivity (Wildman–Crippen MR) is 77.8 cm³/mol. The molecule has 2 aliphatic rings. The van der Waals surface area contributed by atoms with Crippen LogP contribution in [0.5, 0.6) is 0 Å². The minimum absolute atomic E-state index is 0.150. The Hall–Kier alpha value is -2.64. The van der Waals surface area contributed by atoms with Crippen molar-refractivity contribution in [1.29, 1.82) is 0 Å². The number of esters is 1. The van der Waals surface area contributed by atoms with Gasteiger partial charge in [-0.05, 0) is 24.1 Å². The molecule has 0 spiro atoms. The molecule has 2 aliphatic heterocycles. The number of fused-ring (bicyclic) bond motifs is 1. The molecule has 1 unspecified atom stereocenters. The molecule has 1 aromatic rings. The van der Waals surface area contributed by atoms with Gasteiger partial charge < -0.3 is 14.4 Å². The van der Waals surface area contributed by atoms with Crippen LogP contribution >= 0.6 is 0 Å². The second-order valence-corrected chi connectivity index (χ2v) is 5.37. The van der Waals surface area contributed by atoms with Crippen molar-refractivity contribution in [1.82, 2.24) is 0 Å². The Balaban J connectivity index is 2.04. The number of aryl methyl sites for hydroxylation is 1. The lowest BCUT2D eigenvalue weighted by Gasteiger charge is -2.28. The number of cyclic esters (lactones) is 1. The predicted octanol–water partition coefficient (Wildman–Crippen LogP) is 1.23. The van der Waals surface area contributed by atoms with Crippen LogP contribution in [0.1, 0.15) is 12.0 Å². The molecule has 0 aliphatic carbocycles. The summed E-state index contributed by atoms with van der Waals surface area (Å²) >= 11 is 0. The number of amides is 2. The van der Waals surface area contributed by atoms with Gasteiger partial charge in [-0.2, -0.15) is 0 Å². The third-order valence-corrected chi connectivity index (χ3v) is 4.07. The zero-order valence-electron chi connectivity index (χ0n) is 12.7. The Morgan fingerprint density at radius 3 is 2.78 bits per heavy atom. The van der Waals surface area contributed by atoms with Crippen molar-refractivity contribution in [2.45, 2.75) is 18.9 Å². The Morgan fingerprint density at radius 1 is 1.35 bits per heavy atom. The monoisotopic (exact) mass is 322 g/mol. The molecule has 1 aromatic carbocycles. The number of carbonyl (C=O) groups excluding carboxylic acids is 3. The number of rotatable bonds is 2. The number of hydrogen-bond acceptors (Lipinski definition) is 5. The van der Waals surface area contributed by atoms with Crippen LogP contribution in [0.3, 0.4) is 0 Å². The van der Waals surface area contributed by atoms with E-state index in [4.69, 9.17) is 4.74 Å². The van der Waals surface area contributed by atoms with Crippen molar-refractivity contribution in [3.8, 4) is 0 Å². The van der Waals surface area contributed by atoms with Gasteiger partial charge in [-0.15, -0.1) is 0 Å². The first-order valence-corrected chi connectivity index (χ1v) is 7.07. The van der Waals surface area contributed by atoms with E-state index in [2.05, 4.69) is 4.74 Å². The van der Waals surface area contributed by atoms with Crippen LogP contribution in [0.25, 0.3) is 0 Å². The van der Waals surface area contributed by atoms with Gasteiger partial charge in [0.25, 0.3) is 0 Å². The number of methoxy groups -OCH3 is 1. The van der Waals surface area contributed by atoms with Gasteiger partial charge in [0.1, 0.15) is 12.4 Å². The van der Waals surface area contributed by atoms with Gasteiger partial charge in [0.2, 0.25) is 5.91 Å². The Morgan fingerprint density at radius 2 is 2.09 bits per heavy atom. The molecule has 0 aromatic heterocycles. The highest BCUT2D eigenvalue weighted by molar-refractivity contribution is 6.00. The highest BCUT2D eigenvalue weighted by Crippen LogP contribution is 2.35. The maximum absolute atomic E-state index is 14.5. The average Bonchev–Trinajstić information content (AvgIpc) is 2.91. The molecule has 1 atom stereocenters. The highest BCUT2D eigenvalue weighted by atomic mass is 19.1. The molecule has 8 heteroatoms. The van der Waals surface area contributed by atoms with Gasteiger partial charge in [-0.25, -0.2) is 14.0 Å². The summed E-state index contributed by atoms with van der Waals surface area (Å²) in [6, 6.07) is 1.77. The lowest BCUT2D eigenvalue weighted by atomic mass is 10.00. The third kappa shape index (κ3) is 2.39. The van der Waals surface area contributed by atoms with Gasteiger partial charge in [-0.1, -0.05) is 0 Å². The van der Waals surface area contributed by atoms with Crippen molar-refractivity contribution in [2.75, 3.05) is 30.6 Å². The molecular weight excluding hydrogens is 307 g/mol. The summed E-state index contributed by atoms with van der Waals surface area (Å²) in [5.41, 5.74) is 1.01. The minimum atomic E-state index is -0.951.